The third-order valence-corrected chi connectivity index (χ3v) is 11.1. The molecule has 46 heavy (non-hydrogen) atoms. The van der Waals surface area contributed by atoms with Gasteiger partial charge in [-0.3, -0.25) is 14.8 Å². The van der Waals surface area contributed by atoms with Crippen molar-refractivity contribution in [2.75, 3.05) is 24.3 Å². The molecule has 2 saturated carbocycles. The van der Waals surface area contributed by atoms with E-state index in [-0.39, 0.29) is 29.9 Å². The molecule has 1 aromatic rings. The van der Waals surface area contributed by atoms with Crippen molar-refractivity contribution >= 4 is 35.0 Å². The summed E-state index contributed by atoms with van der Waals surface area (Å²) in [5.41, 5.74) is 6.09. The van der Waals surface area contributed by atoms with Gasteiger partial charge in [-0.2, -0.15) is 0 Å². The maximum absolute atomic E-state index is 14.2. The summed E-state index contributed by atoms with van der Waals surface area (Å²) in [6, 6.07) is 5.74. The van der Waals surface area contributed by atoms with E-state index in [9.17, 15) is 14.0 Å². The van der Waals surface area contributed by atoms with Gasteiger partial charge in [0.2, 0.25) is 0 Å². The number of halogens is 1. The summed E-state index contributed by atoms with van der Waals surface area (Å²) in [4.78, 5) is 34.2. The van der Waals surface area contributed by atoms with Gasteiger partial charge in [0.25, 0.3) is 5.91 Å². The molecule has 3 heterocycles. The molecule has 3 atom stereocenters. The molecule has 0 bridgehead atoms. The summed E-state index contributed by atoms with van der Waals surface area (Å²) in [5.74, 6) is 6.06. The van der Waals surface area contributed by atoms with Crippen LogP contribution in [0, 0.1) is 11.8 Å². The number of carbonyl (C=O) groups excluding carboxylic acids is 1. The fraction of sp³-hybridized carbons (Fsp3) is 0.472. The van der Waals surface area contributed by atoms with Gasteiger partial charge in [-0.1, -0.05) is 37.5 Å². The number of carbonyl (C=O) groups is 2. The standard InChI is InChI=1S/C36H43FN6O3/c1-41-29-20-24(11-13-26(29)32(23-7-4-3-5-8-23)33(41)28-15-12-25(37)21-39-28)34(46)43(38)36(17-6-18-36)35-40-27-14-9-22(10-16-31(44)45)19-30(27)42(35)2/h9-11,13-14,16,19-21,23,26,29,35,40H,3-8,12,15,17-18,38H2,1-2H3,(H,44,45)/b16-10+. The van der Waals surface area contributed by atoms with Gasteiger partial charge in [-0.05, 0) is 79.9 Å². The van der Waals surface area contributed by atoms with E-state index < -0.39 is 11.5 Å². The lowest BCUT2D eigenvalue weighted by Gasteiger charge is -2.53. The monoisotopic (exact) mass is 626 g/mol. The predicted molar refractivity (Wildman–Crippen MR) is 178 cm³/mol. The minimum absolute atomic E-state index is 0.0334. The Morgan fingerprint density at radius 1 is 1.13 bits per heavy atom. The second-order valence-corrected chi connectivity index (χ2v) is 13.6. The Morgan fingerprint density at radius 3 is 2.59 bits per heavy atom. The molecule has 2 fully saturated rings. The summed E-state index contributed by atoms with van der Waals surface area (Å²) >= 11 is 0. The third kappa shape index (κ3) is 5.07. The van der Waals surface area contributed by atoms with Crippen molar-refractivity contribution in [1.29, 1.82) is 0 Å². The quantitative estimate of drug-likeness (QED) is 0.149. The number of anilines is 2. The van der Waals surface area contributed by atoms with Crippen molar-refractivity contribution in [3.63, 3.8) is 0 Å². The van der Waals surface area contributed by atoms with E-state index in [0.717, 1.165) is 66.5 Å². The second kappa shape index (κ2) is 11.9. The first kappa shape index (κ1) is 30.5. The molecule has 242 valence electrons. The van der Waals surface area contributed by atoms with E-state index in [1.54, 1.807) is 6.08 Å². The van der Waals surface area contributed by atoms with Gasteiger partial charge >= 0.3 is 5.97 Å². The van der Waals surface area contributed by atoms with E-state index in [2.05, 4.69) is 39.3 Å². The zero-order valence-corrected chi connectivity index (χ0v) is 26.6. The number of aliphatic imine (C=N–C) groups is 1. The van der Waals surface area contributed by atoms with Gasteiger partial charge in [0, 0.05) is 38.1 Å². The Labute approximate surface area is 269 Å². The first-order valence-corrected chi connectivity index (χ1v) is 16.6. The molecular formula is C36H43FN6O3. The van der Waals surface area contributed by atoms with Crippen molar-refractivity contribution in [2.45, 2.75) is 82.0 Å². The number of aliphatic carboxylic acids is 1. The first-order chi connectivity index (χ1) is 22.2. The Bertz CT molecular complexity index is 1630. The number of benzene rings is 1. The van der Waals surface area contributed by atoms with Crippen LogP contribution in [0.2, 0.25) is 0 Å². The highest BCUT2D eigenvalue weighted by atomic mass is 19.1. The predicted octanol–water partition coefficient (Wildman–Crippen LogP) is 5.90. The number of rotatable bonds is 7. The van der Waals surface area contributed by atoms with E-state index in [0.29, 0.717) is 24.3 Å². The van der Waals surface area contributed by atoms with Crippen molar-refractivity contribution in [3.8, 4) is 0 Å². The number of fused-ring (bicyclic) bond motifs is 2. The average molecular weight is 627 g/mol. The van der Waals surface area contributed by atoms with Crippen LogP contribution in [0.1, 0.15) is 69.8 Å². The Hall–Kier alpha value is -4.18. The molecule has 10 heteroatoms. The van der Waals surface area contributed by atoms with Crippen LogP contribution in [0.15, 0.2) is 76.4 Å². The number of carboxylic acid groups (broad SMARTS) is 1. The Morgan fingerprint density at radius 2 is 1.91 bits per heavy atom. The molecule has 0 saturated heterocycles. The van der Waals surface area contributed by atoms with E-state index in [4.69, 9.17) is 10.9 Å². The van der Waals surface area contributed by atoms with Gasteiger partial charge in [-0.25, -0.2) is 15.0 Å². The lowest BCUT2D eigenvalue weighted by Crippen LogP contribution is -2.70. The lowest BCUT2D eigenvalue weighted by molar-refractivity contribution is -0.138. The third-order valence-electron chi connectivity index (χ3n) is 11.1. The van der Waals surface area contributed by atoms with Crippen molar-refractivity contribution in [2.24, 2.45) is 22.7 Å². The maximum atomic E-state index is 14.2. The summed E-state index contributed by atoms with van der Waals surface area (Å²) < 4.78 is 13.9. The molecule has 6 aliphatic rings. The van der Waals surface area contributed by atoms with Crippen molar-refractivity contribution in [1.82, 2.24) is 9.91 Å². The molecule has 0 aromatic heterocycles. The summed E-state index contributed by atoms with van der Waals surface area (Å²) in [5, 5.41) is 14.1. The molecular weight excluding hydrogens is 583 g/mol. The zero-order chi connectivity index (χ0) is 32.2. The summed E-state index contributed by atoms with van der Waals surface area (Å²) in [7, 11) is 4.07. The number of hydrogen-bond acceptors (Lipinski definition) is 7. The molecule has 0 spiro atoms. The number of hydrazine groups is 1. The second-order valence-electron chi connectivity index (χ2n) is 13.6. The van der Waals surface area contributed by atoms with E-state index >= 15 is 0 Å². The highest BCUT2D eigenvalue weighted by Crippen LogP contribution is 2.49. The van der Waals surface area contributed by atoms with Gasteiger partial charge in [-0.15, -0.1) is 0 Å². The zero-order valence-electron chi connectivity index (χ0n) is 26.6. The molecule has 1 amide bonds. The molecule has 3 aliphatic carbocycles. The van der Waals surface area contributed by atoms with Crippen LogP contribution in [-0.2, 0) is 9.59 Å². The van der Waals surface area contributed by atoms with Crippen LogP contribution in [-0.4, -0.2) is 64.4 Å². The van der Waals surface area contributed by atoms with Gasteiger partial charge in [0.05, 0.1) is 40.6 Å². The lowest BCUT2D eigenvalue weighted by atomic mass is 9.72. The van der Waals surface area contributed by atoms with Gasteiger partial charge < -0.3 is 20.2 Å². The van der Waals surface area contributed by atoms with Crippen LogP contribution >= 0.6 is 0 Å². The molecule has 7 rings (SSSR count). The largest absolute Gasteiger partial charge is 0.478 e. The van der Waals surface area contributed by atoms with E-state index in [1.165, 1.54) is 36.0 Å². The van der Waals surface area contributed by atoms with Crippen LogP contribution in [0.3, 0.4) is 0 Å². The van der Waals surface area contributed by atoms with E-state index in [1.807, 2.05) is 31.3 Å². The number of carboxylic acids is 1. The van der Waals surface area contributed by atoms with Crippen LogP contribution in [0.5, 0.6) is 0 Å². The van der Waals surface area contributed by atoms with Crippen molar-refractivity contribution < 1.29 is 19.1 Å². The number of amides is 1. The van der Waals surface area contributed by atoms with Gasteiger partial charge in [0.1, 0.15) is 12.0 Å². The number of hydrogen-bond donors (Lipinski definition) is 3. The minimum atomic E-state index is -0.996. The highest BCUT2D eigenvalue weighted by molar-refractivity contribution is 6.02. The van der Waals surface area contributed by atoms with Crippen LogP contribution in [0.25, 0.3) is 6.08 Å². The normalized spacial score (nSPS) is 27.0. The number of allylic oxidation sites excluding steroid dienone is 2. The average Bonchev–Trinajstić information content (AvgIpc) is 3.53. The summed E-state index contributed by atoms with van der Waals surface area (Å²) in [6.45, 7) is 0. The Balaban J connectivity index is 1.14. The fourth-order valence-electron chi connectivity index (χ4n) is 8.54. The topological polar surface area (TPSA) is 114 Å². The number of nitrogens with zero attached hydrogens (tertiary/aromatic N) is 4. The first-order valence-electron chi connectivity index (χ1n) is 16.6. The molecule has 1 aromatic carbocycles. The van der Waals surface area contributed by atoms with Gasteiger partial charge in [0.15, 0.2) is 0 Å². The molecule has 4 N–H and O–H groups in total. The maximum Gasteiger partial charge on any atom is 0.328 e. The highest BCUT2D eigenvalue weighted by Gasteiger charge is 2.54. The SMILES string of the molecule is CN1C(C2=NC=C(F)CC2)=C(C2CCCCC2)C2C=CC(C(=O)N(N)C3(C4Nc5ccc(/C=C/C(=O)O)cc5N4C)CCC3)=CC21. The smallest absolute Gasteiger partial charge is 0.328 e. The minimum Gasteiger partial charge on any atom is -0.478 e. The fourth-order valence-corrected chi connectivity index (χ4v) is 8.54. The number of nitrogens with one attached hydrogen (secondary N) is 1. The van der Waals surface area contributed by atoms with Crippen LogP contribution in [0.4, 0.5) is 15.8 Å². The molecule has 9 nitrogen and oxygen atoms in total. The number of nitrogens with two attached hydrogens (primary N) is 1. The Kier molecular flexibility index (Phi) is 7.87. The van der Waals surface area contributed by atoms with Crippen molar-refractivity contribution in [3.05, 3.63) is 76.9 Å². The summed E-state index contributed by atoms with van der Waals surface area (Å²) in [6.07, 6.45) is 19.5. The molecule has 0 radical (unpaired) electrons. The van der Waals surface area contributed by atoms with Crippen LogP contribution < -0.4 is 16.1 Å². The molecule has 3 unspecified atom stereocenters. The molecule has 3 aliphatic heterocycles. The number of likely N-dealkylation sites (N-methyl/N-ethyl adjacent to an activating group) is 2.